The zero-order valence-corrected chi connectivity index (χ0v) is 13.6. The molecule has 0 aliphatic heterocycles. The average molecular weight is 289 g/mol. The molecule has 0 saturated carbocycles. The monoisotopic (exact) mass is 289 g/mol. The molecule has 2 aromatic carbocycles. The normalized spacial score (nSPS) is 14.7. The summed E-state index contributed by atoms with van der Waals surface area (Å²) in [5.41, 5.74) is 8.23. The van der Waals surface area contributed by atoms with Crippen LogP contribution in [0, 0.1) is 6.92 Å². The van der Waals surface area contributed by atoms with Crippen molar-refractivity contribution in [2.45, 2.75) is 26.2 Å². The quantitative estimate of drug-likeness (QED) is 0.600. The lowest BCUT2D eigenvalue weighted by Crippen LogP contribution is -2.37. The molecule has 0 N–H and O–H groups in total. The summed E-state index contributed by atoms with van der Waals surface area (Å²) in [6.07, 6.45) is 4.19. The van der Waals surface area contributed by atoms with Crippen molar-refractivity contribution in [2.24, 2.45) is 7.05 Å². The minimum absolute atomic E-state index is 0.0557. The van der Waals surface area contributed by atoms with Crippen molar-refractivity contribution in [3.05, 3.63) is 71.5 Å². The molecule has 0 atom stereocenters. The summed E-state index contributed by atoms with van der Waals surface area (Å²) in [6.45, 7) is 6.85. The summed E-state index contributed by atoms with van der Waals surface area (Å²) < 4.78 is 4.32. The Balaban J connectivity index is 2.02. The molecule has 0 spiro atoms. The van der Waals surface area contributed by atoms with E-state index in [0.29, 0.717) is 0 Å². The van der Waals surface area contributed by atoms with E-state index < -0.39 is 0 Å². The van der Waals surface area contributed by atoms with Crippen LogP contribution in [-0.2, 0) is 12.5 Å². The number of fused-ring (bicyclic) bond motifs is 3. The van der Waals surface area contributed by atoms with Gasteiger partial charge in [0.05, 0.1) is 6.20 Å². The van der Waals surface area contributed by atoms with E-state index in [2.05, 4.69) is 92.0 Å². The maximum Gasteiger partial charge on any atom is 0.195 e. The summed E-state index contributed by atoms with van der Waals surface area (Å²) in [4.78, 5) is 0. The van der Waals surface area contributed by atoms with E-state index in [9.17, 15) is 0 Å². The first-order valence-electron chi connectivity index (χ1n) is 7.79. The van der Waals surface area contributed by atoms with Crippen LogP contribution in [0.5, 0.6) is 0 Å². The molecule has 0 amide bonds. The van der Waals surface area contributed by atoms with E-state index >= 15 is 0 Å². The Labute approximate surface area is 131 Å². The van der Waals surface area contributed by atoms with Crippen LogP contribution in [0.1, 0.15) is 30.5 Å². The molecule has 0 fully saturated rings. The van der Waals surface area contributed by atoms with Gasteiger partial charge in [0.15, 0.2) is 13.2 Å². The topological polar surface area (TPSA) is 8.81 Å². The Bertz CT molecular complexity index is 884. The molecule has 2 nitrogen and oxygen atoms in total. The van der Waals surface area contributed by atoms with Crippen LogP contribution in [0.4, 0.5) is 0 Å². The number of hydrogen-bond acceptors (Lipinski definition) is 0. The third-order valence-corrected chi connectivity index (χ3v) is 5.02. The summed E-state index contributed by atoms with van der Waals surface area (Å²) in [5, 5.41) is 0. The second kappa shape index (κ2) is 4.33. The smallest absolute Gasteiger partial charge is 0.128 e. The van der Waals surface area contributed by atoms with Gasteiger partial charge in [0.2, 0.25) is 0 Å². The Morgan fingerprint density at radius 3 is 2.45 bits per heavy atom. The van der Waals surface area contributed by atoms with E-state index in [1.54, 1.807) is 0 Å². The van der Waals surface area contributed by atoms with E-state index in [-0.39, 0.29) is 5.41 Å². The van der Waals surface area contributed by atoms with E-state index in [1.807, 2.05) is 0 Å². The Morgan fingerprint density at radius 2 is 1.73 bits per heavy atom. The number of nitrogens with zero attached hydrogens (tertiary/aromatic N) is 2. The fourth-order valence-electron chi connectivity index (χ4n) is 3.76. The second-order valence-corrected chi connectivity index (χ2v) is 6.76. The first-order chi connectivity index (χ1) is 10.5. The molecular weight excluding hydrogens is 268 g/mol. The van der Waals surface area contributed by atoms with E-state index in [4.69, 9.17) is 0 Å². The third-order valence-electron chi connectivity index (χ3n) is 5.02. The summed E-state index contributed by atoms with van der Waals surface area (Å²) in [6, 6.07) is 15.6. The van der Waals surface area contributed by atoms with Gasteiger partial charge in [-0.1, -0.05) is 38.1 Å². The van der Waals surface area contributed by atoms with Crippen molar-refractivity contribution in [3.8, 4) is 16.8 Å². The minimum atomic E-state index is 0.0557. The fraction of sp³-hybridized carbons (Fsp3) is 0.250. The molecule has 0 unspecified atom stereocenters. The largest absolute Gasteiger partial charge is 0.195 e. The average Bonchev–Trinajstić information content (AvgIpc) is 3.00. The minimum Gasteiger partial charge on any atom is -0.128 e. The van der Waals surface area contributed by atoms with E-state index in [1.165, 1.54) is 33.5 Å². The van der Waals surface area contributed by atoms with Gasteiger partial charge in [0.25, 0.3) is 0 Å². The van der Waals surface area contributed by atoms with Gasteiger partial charge < -0.3 is 0 Å². The first kappa shape index (κ1) is 13.3. The highest BCUT2D eigenvalue weighted by Crippen LogP contribution is 2.49. The van der Waals surface area contributed by atoms with Crippen LogP contribution in [-0.4, -0.2) is 4.68 Å². The molecule has 110 valence electrons. The standard InChI is InChI=1S/C20H21N2/c1-14-12-16-15-8-5-6-9-17(15)20(2,3)18(16)13-19(14)22-11-7-10-21(22)4/h5-13H,1-4H3/q+1. The van der Waals surface area contributed by atoms with Gasteiger partial charge >= 0.3 is 0 Å². The van der Waals surface area contributed by atoms with Crippen molar-refractivity contribution in [1.82, 2.24) is 4.68 Å². The maximum absolute atomic E-state index is 2.37. The number of benzene rings is 2. The molecule has 3 aromatic rings. The van der Waals surface area contributed by atoms with E-state index in [0.717, 1.165) is 0 Å². The van der Waals surface area contributed by atoms with Crippen LogP contribution in [0.2, 0.25) is 0 Å². The molecule has 0 radical (unpaired) electrons. The molecule has 0 saturated heterocycles. The van der Waals surface area contributed by atoms with Gasteiger partial charge in [-0.3, -0.25) is 0 Å². The van der Waals surface area contributed by atoms with Crippen molar-refractivity contribution >= 4 is 0 Å². The molecule has 4 rings (SSSR count). The number of aryl methyl sites for hydroxylation is 2. The zero-order chi connectivity index (χ0) is 15.5. The molecular formula is C20H21N2+. The molecule has 0 bridgehead atoms. The number of hydrogen-bond donors (Lipinski definition) is 0. The predicted octanol–water partition coefficient (Wildman–Crippen LogP) is 3.92. The summed E-state index contributed by atoms with van der Waals surface area (Å²) in [5.74, 6) is 0. The summed E-state index contributed by atoms with van der Waals surface area (Å²) in [7, 11) is 2.08. The van der Waals surface area contributed by atoms with Crippen LogP contribution in [0.25, 0.3) is 16.8 Å². The predicted molar refractivity (Wildman–Crippen MR) is 89.2 cm³/mol. The highest BCUT2D eigenvalue weighted by atomic mass is 15.4. The number of rotatable bonds is 1. The molecule has 22 heavy (non-hydrogen) atoms. The Hall–Kier alpha value is -2.35. The SMILES string of the molecule is Cc1cc2c(cc1-n1ccc[n+]1C)C(C)(C)c1ccccc1-2. The molecule has 2 heteroatoms. The Kier molecular flexibility index (Phi) is 2.62. The van der Waals surface area contributed by atoms with Gasteiger partial charge in [0, 0.05) is 11.5 Å². The molecule has 1 heterocycles. The van der Waals surface area contributed by atoms with Gasteiger partial charge in [-0.2, -0.15) is 0 Å². The highest BCUT2D eigenvalue weighted by Gasteiger charge is 2.36. The fourth-order valence-corrected chi connectivity index (χ4v) is 3.76. The van der Waals surface area contributed by atoms with Gasteiger partial charge in [-0.05, 0) is 46.9 Å². The van der Waals surface area contributed by atoms with Crippen molar-refractivity contribution in [2.75, 3.05) is 0 Å². The lowest BCUT2D eigenvalue weighted by Gasteiger charge is -2.22. The second-order valence-electron chi connectivity index (χ2n) is 6.76. The number of aromatic nitrogens is 2. The van der Waals surface area contributed by atoms with Gasteiger partial charge in [0.1, 0.15) is 5.69 Å². The van der Waals surface area contributed by atoms with Crippen LogP contribution in [0.15, 0.2) is 54.9 Å². The lowest BCUT2D eigenvalue weighted by molar-refractivity contribution is -0.744. The molecule has 1 aliphatic carbocycles. The maximum atomic E-state index is 2.37. The van der Waals surface area contributed by atoms with Crippen LogP contribution in [0.3, 0.4) is 0 Å². The molecule has 1 aromatic heterocycles. The molecule has 1 aliphatic rings. The van der Waals surface area contributed by atoms with Crippen molar-refractivity contribution in [3.63, 3.8) is 0 Å². The highest BCUT2D eigenvalue weighted by molar-refractivity contribution is 5.82. The first-order valence-corrected chi connectivity index (χ1v) is 7.79. The van der Waals surface area contributed by atoms with Gasteiger partial charge in [-0.15, -0.1) is 9.36 Å². The lowest BCUT2D eigenvalue weighted by atomic mass is 9.82. The van der Waals surface area contributed by atoms with Gasteiger partial charge in [-0.25, -0.2) is 0 Å². The van der Waals surface area contributed by atoms with Crippen molar-refractivity contribution in [1.29, 1.82) is 0 Å². The van der Waals surface area contributed by atoms with Crippen LogP contribution >= 0.6 is 0 Å². The van der Waals surface area contributed by atoms with Crippen LogP contribution < -0.4 is 4.68 Å². The third kappa shape index (κ3) is 1.64. The summed E-state index contributed by atoms with van der Waals surface area (Å²) >= 11 is 0. The van der Waals surface area contributed by atoms with Crippen molar-refractivity contribution < 1.29 is 4.68 Å². The zero-order valence-electron chi connectivity index (χ0n) is 13.6. The Morgan fingerprint density at radius 1 is 0.955 bits per heavy atom.